The van der Waals surface area contributed by atoms with Gasteiger partial charge in [0.15, 0.2) is 0 Å². The van der Waals surface area contributed by atoms with Crippen molar-refractivity contribution in [3.8, 4) is 0 Å². The number of rotatable bonds is 10. The summed E-state index contributed by atoms with van der Waals surface area (Å²) in [6.45, 7) is 4.42. The van der Waals surface area contributed by atoms with Gasteiger partial charge in [0.05, 0.1) is 11.8 Å². The van der Waals surface area contributed by atoms with Gasteiger partial charge in [0, 0.05) is 5.41 Å². The molecule has 0 aliphatic heterocycles. The minimum Gasteiger partial charge on any atom is -0.393 e. The molecule has 2 fully saturated rings. The average molecular weight is 574 g/mol. The van der Waals surface area contributed by atoms with E-state index in [0.717, 1.165) is 63.4 Å². The first kappa shape index (κ1) is 30.3. The highest BCUT2D eigenvalue weighted by Gasteiger charge is 2.62. The molecule has 0 spiro atoms. The summed E-state index contributed by atoms with van der Waals surface area (Å²) in [5, 5.41) is 20.2. The zero-order valence-electron chi connectivity index (χ0n) is 22.8. The van der Waals surface area contributed by atoms with Crippen LogP contribution in [0.15, 0.2) is 29.8 Å². The van der Waals surface area contributed by atoms with Crippen LogP contribution in [0.2, 0.25) is 0 Å². The quantitative estimate of drug-likeness (QED) is 0.142. The van der Waals surface area contributed by atoms with Gasteiger partial charge in [-0.1, -0.05) is 43.9 Å². The van der Waals surface area contributed by atoms with Gasteiger partial charge in [-0.25, -0.2) is 0 Å². The maximum atomic E-state index is 12.5. The Hall–Kier alpha value is -1.62. The number of aryl methyl sites for hydroxylation is 1. The number of fused-ring (bicyclic) bond motifs is 5. The van der Waals surface area contributed by atoms with E-state index in [1.807, 2.05) is 12.1 Å². The van der Waals surface area contributed by atoms with E-state index in [4.69, 9.17) is 5.11 Å². The fourth-order valence-electron chi connectivity index (χ4n) is 8.11. The van der Waals surface area contributed by atoms with Crippen LogP contribution in [0.4, 0.5) is 18.9 Å². The molecule has 0 heterocycles. The minimum atomic E-state index is -4.55. The van der Waals surface area contributed by atoms with Gasteiger partial charge in [-0.05, 0) is 105 Å². The molecule has 0 bridgehead atoms. The highest BCUT2D eigenvalue weighted by molar-refractivity contribution is 7.87. The van der Waals surface area contributed by atoms with E-state index in [1.54, 1.807) is 6.07 Å². The molecule has 0 radical (unpaired) electrons. The van der Waals surface area contributed by atoms with Crippen LogP contribution < -0.4 is 4.72 Å². The Labute approximate surface area is 230 Å². The third-order valence-corrected chi connectivity index (χ3v) is 10.6. The highest BCUT2D eigenvalue weighted by atomic mass is 32.2. The van der Waals surface area contributed by atoms with E-state index >= 15 is 0 Å². The molecule has 10 heteroatoms. The summed E-state index contributed by atoms with van der Waals surface area (Å²) in [6.07, 6.45) is 3.67. The lowest BCUT2D eigenvalue weighted by atomic mass is 9.45. The molecule has 4 N–H and O–H groups in total. The number of halogens is 3. The Morgan fingerprint density at radius 2 is 1.87 bits per heavy atom. The molecule has 1 aromatic carbocycles. The topological polar surface area (TPSA) is 107 Å². The lowest BCUT2D eigenvalue weighted by Gasteiger charge is -2.59. The molecule has 6 atom stereocenters. The van der Waals surface area contributed by atoms with Gasteiger partial charge in [-0.15, -0.1) is 0 Å². The summed E-state index contributed by atoms with van der Waals surface area (Å²) in [5.41, 5.74) is 3.68. The lowest BCUT2D eigenvalue weighted by molar-refractivity contribution is -0.205. The van der Waals surface area contributed by atoms with Crippen molar-refractivity contribution in [3.63, 3.8) is 0 Å². The highest BCUT2D eigenvalue weighted by Crippen LogP contribution is 2.69. The fourth-order valence-corrected chi connectivity index (χ4v) is 8.54. The second-order valence-corrected chi connectivity index (χ2v) is 13.4. The van der Waals surface area contributed by atoms with Gasteiger partial charge in [-0.2, -0.15) is 21.6 Å². The molecule has 6 nitrogen and oxygen atoms in total. The molecule has 0 amide bonds. The number of allylic oxidation sites excluding steroid dienone is 2. The van der Waals surface area contributed by atoms with Crippen LogP contribution in [0.1, 0.15) is 102 Å². The van der Waals surface area contributed by atoms with Gasteiger partial charge in [0.2, 0.25) is 0 Å². The van der Waals surface area contributed by atoms with Crippen molar-refractivity contribution in [2.45, 2.75) is 115 Å². The van der Waals surface area contributed by atoms with Crippen molar-refractivity contribution in [2.24, 2.45) is 16.7 Å². The number of hydrogen-bond donors (Lipinski definition) is 4. The predicted molar refractivity (Wildman–Crippen MR) is 145 cm³/mol. The number of unbranched alkanes of at least 4 members (excludes halogenated alkanes) is 4. The van der Waals surface area contributed by atoms with Crippen molar-refractivity contribution in [2.75, 3.05) is 4.72 Å². The van der Waals surface area contributed by atoms with E-state index in [9.17, 15) is 31.2 Å². The Morgan fingerprint density at radius 1 is 1.15 bits per heavy atom. The smallest absolute Gasteiger partial charge is 0.393 e. The van der Waals surface area contributed by atoms with Crippen LogP contribution in [-0.4, -0.2) is 41.6 Å². The number of nitrogens with one attached hydrogen (secondary N) is 1. The second-order valence-electron chi connectivity index (χ2n) is 12.2. The van der Waals surface area contributed by atoms with Crippen molar-refractivity contribution in [1.29, 1.82) is 0 Å². The molecule has 4 rings (SSSR count). The van der Waals surface area contributed by atoms with Crippen LogP contribution in [0.3, 0.4) is 0 Å². The third kappa shape index (κ3) is 6.19. The van der Waals surface area contributed by atoms with Crippen molar-refractivity contribution < 1.29 is 36.4 Å². The first-order valence-corrected chi connectivity index (χ1v) is 15.6. The summed E-state index contributed by atoms with van der Waals surface area (Å²) < 4.78 is 71.5. The molecular weight excluding hydrogens is 531 g/mol. The Bertz CT molecular complexity index is 1170. The number of anilines is 1. The van der Waals surface area contributed by atoms with E-state index in [2.05, 4.69) is 24.6 Å². The summed E-state index contributed by atoms with van der Waals surface area (Å²) >= 11 is 0. The van der Waals surface area contributed by atoms with E-state index < -0.39 is 22.6 Å². The Morgan fingerprint density at radius 3 is 2.56 bits per heavy atom. The van der Waals surface area contributed by atoms with Gasteiger partial charge in [0.25, 0.3) is 0 Å². The molecule has 4 unspecified atom stereocenters. The fraction of sp³-hybridized carbons (Fsp3) is 0.724. The van der Waals surface area contributed by atoms with Crippen molar-refractivity contribution in [1.82, 2.24) is 0 Å². The Kier molecular flexibility index (Phi) is 8.82. The minimum absolute atomic E-state index is 0.119. The van der Waals surface area contributed by atoms with Crippen LogP contribution in [0.5, 0.6) is 0 Å². The van der Waals surface area contributed by atoms with E-state index in [1.165, 1.54) is 11.1 Å². The summed E-state index contributed by atoms with van der Waals surface area (Å²) in [6, 6.07) is 5.51. The summed E-state index contributed by atoms with van der Waals surface area (Å²) in [4.78, 5) is 0. The number of alkyl halides is 3. The van der Waals surface area contributed by atoms with Crippen LogP contribution >= 0.6 is 0 Å². The molecule has 2 saturated carbocycles. The molecule has 0 saturated heterocycles. The normalized spacial score (nSPS) is 31.8. The summed E-state index contributed by atoms with van der Waals surface area (Å²) in [7, 11) is -4.36. The number of aliphatic hydroxyl groups is 2. The molecule has 3 aliphatic carbocycles. The van der Waals surface area contributed by atoms with Gasteiger partial charge in [0.1, 0.15) is 6.10 Å². The molecule has 0 aromatic heterocycles. The molecule has 3 aliphatic rings. The first-order chi connectivity index (χ1) is 18.2. The number of aliphatic hydroxyl groups excluding tert-OH is 2. The van der Waals surface area contributed by atoms with Crippen molar-refractivity contribution in [3.05, 3.63) is 41.0 Å². The molecule has 1 aromatic rings. The maximum absolute atomic E-state index is 12.5. The predicted octanol–water partition coefficient (Wildman–Crippen LogP) is 6.70. The van der Waals surface area contributed by atoms with Crippen LogP contribution in [0.25, 0.3) is 0 Å². The second kappa shape index (κ2) is 11.3. The lowest BCUT2D eigenvalue weighted by Crippen LogP contribution is -2.52. The molecule has 220 valence electrons. The van der Waals surface area contributed by atoms with Crippen LogP contribution in [-0.2, 0) is 16.7 Å². The summed E-state index contributed by atoms with van der Waals surface area (Å²) in [5.74, 6) is 0.562. The first-order valence-electron chi connectivity index (χ1n) is 14.2. The zero-order valence-corrected chi connectivity index (χ0v) is 23.6. The largest absolute Gasteiger partial charge is 0.414 e. The molecular formula is C29H42F3NO5S. The van der Waals surface area contributed by atoms with E-state index in [-0.39, 0.29) is 29.3 Å². The third-order valence-electron chi connectivity index (χ3n) is 10.1. The van der Waals surface area contributed by atoms with Gasteiger partial charge in [-0.3, -0.25) is 9.27 Å². The number of benzene rings is 1. The van der Waals surface area contributed by atoms with E-state index in [0.29, 0.717) is 24.4 Å². The SMILES string of the molecule is CC(=CCCCCCCC(O)C(F)(F)F)C12CCc3cc(NS(=O)(=O)O)ccc3C1CC[C@@]1(C)C2CC[C@@H]1O. The number of hydrogen-bond acceptors (Lipinski definition) is 4. The standard InChI is InChI=1S/C29H42F3NO5S/c1-19(8-6-4-3-5-7-9-26(35)29(30,31)32)28-17-14-20-18-21(33-39(36,37)38)10-11-22(20)23(28)15-16-27(2)24(28)12-13-25(27)34/h8,10-11,18,23-26,33-35H,3-7,9,12-17H2,1-2H3,(H,36,37,38)/t23?,24?,25-,26?,27-,28?/m0/s1. The van der Waals surface area contributed by atoms with Gasteiger partial charge >= 0.3 is 16.5 Å². The maximum Gasteiger partial charge on any atom is 0.414 e. The van der Waals surface area contributed by atoms with Crippen LogP contribution in [0, 0.1) is 16.7 Å². The monoisotopic (exact) mass is 573 g/mol. The zero-order chi connectivity index (χ0) is 28.6. The van der Waals surface area contributed by atoms with Crippen molar-refractivity contribution >= 4 is 16.0 Å². The van der Waals surface area contributed by atoms with Gasteiger partial charge < -0.3 is 10.2 Å². The average Bonchev–Trinajstić information content (AvgIpc) is 3.15. The molecule has 39 heavy (non-hydrogen) atoms. The Balaban J connectivity index is 1.51.